The molecule has 5 nitrogen and oxygen atoms in total. The molecule has 1 aromatic rings. The Hall–Kier alpha value is -0.850. The Kier molecular flexibility index (Phi) is 9.75. The van der Waals surface area contributed by atoms with Crippen molar-refractivity contribution < 1.29 is 14.3 Å². The van der Waals surface area contributed by atoms with Crippen LogP contribution in [-0.4, -0.2) is 50.3 Å². The molecule has 2 aliphatic rings. The fourth-order valence-electron chi connectivity index (χ4n) is 3.70. The summed E-state index contributed by atoms with van der Waals surface area (Å²) < 4.78 is 10.8. The van der Waals surface area contributed by atoms with E-state index >= 15 is 0 Å². The fourth-order valence-corrected chi connectivity index (χ4v) is 3.70. The second-order valence-electron chi connectivity index (χ2n) is 6.35. The van der Waals surface area contributed by atoms with Crippen LogP contribution in [0.1, 0.15) is 31.4 Å². The highest BCUT2D eigenvalue weighted by molar-refractivity contribution is 5.85. The Bertz CT molecular complexity index is 515. The van der Waals surface area contributed by atoms with Gasteiger partial charge in [-0.05, 0) is 36.5 Å². The smallest absolute Gasteiger partial charge is 0.308 e. The first-order chi connectivity index (χ1) is 11.2. The molecule has 3 rings (SSSR count). The predicted octanol–water partition coefficient (Wildman–Crippen LogP) is 2.83. The van der Waals surface area contributed by atoms with Gasteiger partial charge >= 0.3 is 5.97 Å². The summed E-state index contributed by atoms with van der Waals surface area (Å²) in [6, 6.07) is 8.40. The summed E-state index contributed by atoms with van der Waals surface area (Å²) in [5.74, 6) is 0.962. The molecule has 0 saturated carbocycles. The first-order valence-electron chi connectivity index (χ1n) is 8.55. The van der Waals surface area contributed by atoms with Gasteiger partial charge in [-0.2, -0.15) is 0 Å². The number of hydrogen-bond donors (Lipinski definition) is 1. The van der Waals surface area contributed by atoms with Gasteiger partial charge in [0.25, 0.3) is 0 Å². The molecular weight excluding hydrogens is 363 g/mol. The topological polar surface area (TPSA) is 50.8 Å². The van der Waals surface area contributed by atoms with Crippen molar-refractivity contribution in [3.63, 3.8) is 0 Å². The summed E-state index contributed by atoms with van der Waals surface area (Å²) >= 11 is 0. The summed E-state index contributed by atoms with van der Waals surface area (Å²) in [5.41, 5.74) is 1.25. The van der Waals surface area contributed by atoms with Crippen molar-refractivity contribution in [2.24, 2.45) is 5.92 Å². The molecule has 2 fully saturated rings. The first kappa shape index (κ1) is 22.2. The lowest BCUT2D eigenvalue weighted by atomic mass is 9.85. The maximum atomic E-state index is 11.2. The van der Waals surface area contributed by atoms with Gasteiger partial charge in [-0.15, -0.1) is 24.8 Å². The monoisotopic (exact) mass is 390 g/mol. The fraction of sp³-hybridized carbons (Fsp3) is 0.611. The SMILES string of the molecule is CC(=O)Oc1cccc([C@H](C2CCOCC2)N2CCNCC2)c1.Cl.Cl. The number of rotatable bonds is 4. The summed E-state index contributed by atoms with van der Waals surface area (Å²) in [5, 5.41) is 3.43. The molecule has 1 N–H and O–H groups in total. The average molecular weight is 391 g/mol. The standard InChI is InChI=1S/C18H26N2O3.2ClH/c1-14(21)23-17-4-2-3-16(13-17)18(15-5-11-22-12-6-15)20-9-7-19-8-10-20;;/h2-4,13,15,18-19H,5-12H2,1H3;2*1H/t18-;;/m0../s1. The van der Waals surface area contributed by atoms with E-state index in [1.165, 1.54) is 12.5 Å². The van der Waals surface area contributed by atoms with E-state index in [9.17, 15) is 4.79 Å². The van der Waals surface area contributed by atoms with Crippen LogP contribution in [0.4, 0.5) is 0 Å². The third-order valence-electron chi connectivity index (χ3n) is 4.72. The number of carbonyl (C=O) groups is 1. The van der Waals surface area contributed by atoms with E-state index in [2.05, 4.69) is 16.3 Å². The Balaban J connectivity index is 0.00000156. The van der Waals surface area contributed by atoms with Crippen LogP contribution in [0.2, 0.25) is 0 Å². The summed E-state index contributed by atoms with van der Waals surface area (Å²) in [4.78, 5) is 13.8. The van der Waals surface area contributed by atoms with Crippen LogP contribution in [0.15, 0.2) is 24.3 Å². The molecule has 2 saturated heterocycles. The van der Waals surface area contributed by atoms with E-state index < -0.39 is 0 Å². The number of nitrogens with zero attached hydrogens (tertiary/aromatic N) is 1. The molecule has 0 aliphatic carbocycles. The third-order valence-corrected chi connectivity index (χ3v) is 4.72. The van der Waals surface area contributed by atoms with Gasteiger partial charge in [-0.25, -0.2) is 0 Å². The van der Waals surface area contributed by atoms with Gasteiger partial charge in [-0.1, -0.05) is 12.1 Å². The van der Waals surface area contributed by atoms with Gasteiger partial charge in [-0.3, -0.25) is 9.69 Å². The van der Waals surface area contributed by atoms with E-state index in [0.717, 1.165) is 52.2 Å². The molecule has 142 valence electrons. The quantitative estimate of drug-likeness (QED) is 0.632. The number of nitrogens with one attached hydrogen (secondary N) is 1. The van der Waals surface area contributed by atoms with Crippen molar-refractivity contribution in [2.75, 3.05) is 39.4 Å². The van der Waals surface area contributed by atoms with Crippen LogP contribution >= 0.6 is 24.8 Å². The van der Waals surface area contributed by atoms with Crippen molar-refractivity contribution in [1.29, 1.82) is 0 Å². The summed E-state index contributed by atoms with van der Waals surface area (Å²) in [7, 11) is 0. The Morgan fingerprint density at radius 2 is 1.92 bits per heavy atom. The molecule has 0 unspecified atom stereocenters. The highest BCUT2D eigenvalue weighted by Crippen LogP contribution is 2.36. The number of piperazine rings is 1. The molecule has 2 heterocycles. The normalized spacial score (nSPS) is 20.0. The molecular formula is C18H28Cl2N2O3. The van der Waals surface area contributed by atoms with Gasteiger partial charge in [0.15, 0.2) is 0 Å². The van der Waals surface area contributed by atoms with Gasteiger partial charge < -0.3 is 14.8 Å². The highest BCUT2D eigenvalue weighted by Gasteiger charge is 2.31. The van der Waals surface area contributed by atoms with E-state index in [4.69, 9.17) is 9.47 Å². The third kappa shape index (κ3) is 6.12. The van der Waals surface area contributed by atoms with Crippen molar-refractivity contribution >= 4 is 30.8 Å². The average Bonchev–Trinajstić information content (AvgIpc) is 2.57. The number of carbonyl (C=O) groups excluding carboxylic acids is 1. The van der Waals surface area contributed by atoms with Crippen LogP contribution in [0.5, 0.6) is 5.75 Å². The molecule has 1 atom stereocenters. The first-order valence-corrected chi connectivity index (χ1v) is 8.55. The molecule has 0 aromatic heterocycles. The van der Waals surface area contributed by atoms with E-state index in [1.54, 1.807) is 0 Å². The Morgan fingerprint density at radius 3 is 2.56 bits per heavy atom. The number of hydrogen-bond acceptors (Lipinski definition) is 5. The molecule has 1 aromatic carbocycles. The largest absolute Gasteiger partial charge is 0.427 e. The van der Waals surface area contributed by atoms with E-state index in [0.29, 0.717) is 17.7 Å². The number of benzene rings is 1. The van der Waals surface area contributed by atoms with Gasteiger partial charge in [0.05, 0.1) is 0 Å². The summed E-state index contributed by atoms with van der Waals surface area (Å²) in [6.07, 6.45) is 2.18. The Morgan fingerprint density at radius 1 is 1.24 bits per heavy atom. The molecule has 0 radical (unpaired) electrons. The number of ether oxygens (including phenoxy) is 2. The lowest BCUT2D eigenvalue weighted by molar-refractivity contribution is -0.131. The molecule has 0 spiro atoms. The molecule has 7 heteroatoms. The minimum absolute atomic E-state index is 0. The second kappa shape index (κ2) is 11.0. The summed E-state index contributed by atoms with van der Waals surface area (Å²) in [6.45, 7) is 7.30. The zero-order chi connectivity index (χ0) is 16.1. The van der Waals surface area contributed by atoms with Crippen molar-refractivity contribution in [1.82, 2.24) is 10.2 Å². The zero-order valence-electron chi connectivity index (χ0n) is 14.6. The molecule has 2 aliphatic heterocycles. The molecule has 25 heavy (non-hydrogen) atoms. The minimum Gasteiger partial charge on any atom is -0.427 e. The van der Waals surface area contributed by atoms with Crippen molar-refractivity contribution in [3.05, 3.63) is 29.8 Å². The predicted molar refractivity (Wildman–Crippen MR) is 103 cm³/mol. The van der Waals surface area contributed by atoms with Gasteiger partial charge in [0.1, 0.15) is 5.75 Å². The minimum atomic E-state index is -0.271. The van der Waals surface area contributed by atoms with Crippen LogP contribution in [0.3, 0.4) is 0 Å². The molecule has 0 bridgehead atoms. The van der Waals surface area contributed by atoms with Crippen LogP contribution in [0.25, 0.3) is 0 Å². The number of halogens is 2. The van der Waals surface area contributed by atoms with Crippen molar-refractivity contribution in [3.8, 4) is 5.75 Å². The van der Waals surface area contributed by atoms with Crippen LogP contribution in [-0.2, 0) is 9.53 Å². The maximum absolute atomic E-state index is 11.2. The Labute approximate surface area is 162 Å². The van der Waals surface area contributed by atoms with Crippen molar-refractivity contribution in [2.45, 2.75) is 25.8 Å². The van der Waals surface area contributed by atoms with Gasteiger partial charge in [0, 0.05) is 52.4 Å². The zero-order valence-corrected chi connectivity index (χ0v) is 16.2. The van der Waals surface area contributed by atoms with Crippen LogP contribution < -0.4 is 10.1 Å². The maximum Gasteiger partial charge on any atom is 0.308 e. The number of esters is 1. The van der Waals surface area contributed by atoms with Crippen LogP contribution in [0, 0.1) is 5.92 Å². The second-order valence-corrected chi connectivity index (χ2v) is 6.35. The highest BCUT2D eigenvalue weighted by atomic mass is 35.5. The molecule has 0 amide bonds. The lowest BCUT2D eigenvalue weighted by Crippen LogP contribution is -2.47. The van der Waals surface area contributed by atoms with E-state index in [1.807, 2.05) is 18.2 Å². The lowest BCUT2D eigenvalue weighted by Gasteiger charge is -2.41. The van der Waals surface area contributed by atoms with Gasteiger partial charge in [0.2, 0.25) is 0 Å². The van der Waals surface area contributed by atoms with E-state index in [-0.39, 0.29) is 30.8 Å².